The second-order valence-corrected chi connectivity index (χ2v) is 6.69. The third-order valence-electron chi connectivity index (χ3n) is 2.78. The fraction of sp³-hybridized carbons (Fsp3) is 0.167. The van der Waals surface area contributed by atoms with E-state index in [1.54, 1.807) is 9.96 Å². The molecule has 13 heavy (non-hydrogen) atoms. The summed E-state index contributed by atoms with van der Waals surface area (Å²) in [5.74, 6) is 0.709. The van der Waals surface area contributed by atoms with Crippen molar-refractivity contribution in [1.29, 1.82) is 0 Å². The first-order valence-electron chi connectivity index (χ1n) is 4.65. The van der Waals surface area contributed by atoms with Gasteiger partial charge in [0.05, 0.1) is 0 Å². The third kappa shape index (κ3) is 1.12. The molecule has 0 saturated carbocycles. The molecule has 2 aliphatic rings. The standard InChI is InChI=1S/C12H10Ge/c1-3-7-11-9(5-1)10-6-2-4-8-12(10)13-11/h1-9,11H. The van der Waals surface area contributed by atoms with E-state index in [9.17, 15) is 0 Å². The summed E-state index contributed by atoms with van der Waals surface area (Å²) in [4.78, 5) is 0. The minimum atomic E-state index is 0.0867. The van der Waals surface area contributed by atoms with Crippen LogP contribution < -0.4 is 4.40 Å². The van der Waals surface area contributed by atoms with E-state index in [0.717, 1.165) is 4.75 Å². The van der Waals surface area contributed by atoms with Crippen LogP contribution in [0.25, 0.3) is 0 Å². The van der Waals surface area contributed by atoms with Crippen molar-refractivity contribution in [3.05, 3.63) is 54.1 Å². The molecule has 0 spiro atoms. The number of hydrogen-bond donors (Lipinski definition) is 0. The molecule has 1 aliphatic heterocycles. The summed E-state index contributed by atoms with van der Waals surface area (Å²) in [5, 5.41) is 0. The number of hydrogen-bond acceptors (Lipinski definition) is 0. The Balaban J connectivity index is 2.12. The summed E-state index contributed by atoms with van der Waals surface area (Å²) in [6.45, 7) is 0. The third-order valence-corrected chi connectivity index (χ3v) is 6.24. The SMILES string of the molecule is C1=C[CH]2[Ge][c]3ccccc3C2C=C1. The predicted octanol–water partition coefficient (Wildman–Crippen LogP) is 2.03. The normalized spacial score (nSPS) is 28.6. The Kier molecular flexibility index (Phi) is 1.69. The van der Waals surface area contributed by atoms with Gasteiger partial charge in [-0.25, -0.2) is 0 Å². The van der Waals surface area contributed by atoms with Gasteiger partial charge in [0.1, 0.15) is 0 Å². The van der Waals surface area contributed by atoms with Crippen molar-refractivity contribution in [2.45, 2.75) is 10.7 Å². The van der Waals surface area contributed by atoms with Crippen molar-refractivity contribution in [1.82, 2.24) is 0 Å². The monoisotopic (exact) mass is 228 g/mol. The number of fused-ring (bicyclic) bond motifs is 3. The Morgan fingerprint density at radius 3 is 2.85 bits per heavy atom. The molecule has 0 nitrogen and oxygen atoms in total. The summed E-state index contributed by atoms with van der Waals surface area (Å²) in [6, 6.07) is 8.95. The average molecular weight is 227 g/mol. The topological polar surface area (TPSA) is 0 Å². The van der Waals surface area contributed by atoms with Gasteiger partial charge in [0.25, 0.3) is 0 Å². The zero-order valence-corrected chi connectivity index (χ0v) is 9.37. The summed E-state index contributed by atoms with van der Waals surface area (Å²) in [6.07, 6.45) is 9.15. The van der Waals surface area contributed by atoms with Gasteiger partial charge in [-0.2, -0.15) is 0 Å². The fourth-order valence-corrected chi connectivity index (χ4v) is 5.59. The molecule has 1 heterocycles. The van der Waals surface area contributed by atoms with Crippen LogP contribution in [0.1, 0.15) is 11.5 Å². The molecule has 0 bridgehead atoms. The Hall–Kier alpha value is -0.757. The van der Waals surface area contributed by atoms with E-state index in [4.69, 9.17) is 0 Å². The molecular formula is C12H10Ge. The molecule has 0 fully saturated rings. The molecule has 0 N–H and O–H groups in total. The molecule has 2 radical (unpaired) electrons. The van der Waals surface area contributed by atoms with Crippen molar-refractivity contribution in [3.63, 3.8) is 0 Å². The van der Waals surface area contributed by atoms with E-state index in [1.807, 2.05) is 0 Å². The van der Waals surface area contributed by atoms with Crippen LogP contribution in [0.3, 0.4) is 0 Å². The van der Waals surface area contributed by atoms with Gasteiger partial charge in [0, 0.05) is 0 Å². The molecule has 0 saturated heterocycles. The molecule has 3 rings (SSSR count). The molecule has 2 unspecified atom stereocenters. The van der Waals surface area contributed by atoms with E-state index < -0.39 is 0 Å². The summed E-state index contributed by atoms with van der Waals surface area (Å²) >= 11 is 0.0867. The van der Waals surface area contributed by atoms with E-state index in [1.165, 1.54) is 0 Å². The Morgan fingerprint density at radius 1 is 1.00 bits per heavy atom. The van der Waals surface area contributed by atoms with Gasteiger partial charge in [0.15, 0.2) is 0 Å². The van der Waals surface area contributed by atoms with Gasteiger partial charge in [-0.3, -0.25) is 0 Å². The molecular weight excluding hydrogens is 217 g/mol. The molecule has 2 atom stereocenters. The molecule has 1 aromatic rings. The summed E-state index contributed by atoms with van der Waals surface area (Å²) in [7, 11) is 0. The molecule has 0 amide bonds. The van der Waals surface area contributed by atoms with Crippen LogP contribution in [-0.2, 0) is 0 Å². The van der Waals surface area contributed by atoms with Crippen molar-refractivity contribution < 1.29 is 0 Å². The van der Waals surface area contributed by atoms with Gasteiger partial charge in [-0.05, 0) is 0 Å². The Morgan fingerprint density at radius 2 is 1.85 bits per heavy atom. The maximum atomic E-state index is 2.39. The van der Waals surface area contributed by atoms with Gasteiger partial charge in [-0.15, -0.1) is 0 Å². The van der Waals surface area contributed by atoms with Crippen LogP contribution in [0.4, 0.5) is 0 Å². The van der Waals surface area contributed by atoms with Crippen LogP contribution in [0.5, 0.6) is 0 Å². The number of benzene rings is 1. The first-order valence-corrected chi connectivity index (χ1v) is 6.92. The average Bonchev–Trinajstić information content (AvgIpc) is 2.56. The van der Waals surface area contributed by atoms with Crippen molar-refractivity contribution >= 4 is 19.8 Å². The minimum absolute atomic E-state index is 0.0867. The van der Waals surface area contributed by atoms with Gasteiger partial charge in [-0.1, -0.05) is 0 Å². The van der Waals surface area contributed by atoms with Gasteiger partial charge in [0.2, 0.25) is 0 Å². The molecule has 1 heteroatoms. The fourth-order valence-electron chi connectivity index (χ4n) is 2.14. The van der Waals surface area contributed by atoms with Crippen LogP contribution in [0, 0.1) is 0 Å². The second-order valence-electron chi connectivity index (χ2n) is 3.55. The van der Waals surface area contributed by atoms with Gasteiger partial charge >= 0.3 is 84.6 Å². The van der Waals surface area contributed by atoms with E-state index >= 15 is 0 Å². The molecule has 62 valence electrons. The molecule has 1 aromatic carbocycles. The van der Waals surface area contributed by atoms with Crippen molar-refractivity contribution in [2.75, 3.05) is 0 Å². The molecule has 0 aromatic heterocycles. The zero-order chi connectivity index (χ0) is 8.67. The predicted molar refractivity (Wildman–Crippen MR) is 56.6 cm³/mol. The Labute approximate surface area is 84.8 Å². The number of allylic oxidation sites excluding steroid dienone is 4. The first-order chi connectivity index (χ1) is 6.45. The van der Waals surface area contributed by atoms with E-state index in [-0.39, 0.29) is 15.4 Å². The number of rotatable bonds is 0. The van der Waals surface area contributed by atoms with Crippen molar-refractivity contribution in [3.8, 4) is 0 Å². The van der Waals surface area contributed by atoms with Crippen LogP contribution in [0.2, 0.25) is 4.75 Å². The zero-order valence-electron chi connectivity index (χ0n) is 7.27. The Bertz CT molecular complexity index is 390. The first kappa shape index (κ1) is 7.63. The summed E-state index contributed by atoms with van der Waals surface area (Å²) in [5.41, 5.74) is 1.59. The maximum absolute atomic E-state index is 2.39. The van der Waals surface area contributed by atoms with Crippen LogP contribution in [0.15, 0.2) is 48.6 Å². The quantitative estimate of drug-likeness (QED) is 0.594. The van der Waals surface area contributed by atoms with Crippen molar-refractivity contribution in [2.24, 2.45) is 0 Å². The summed E-state index contributed by atoms with van der Waals surface area (Å²) < 4.78 is 2.51. The second kappa shape index (κ2) is 2.88. The van der Waals surface area contributed by atoms with Crippen LogP contribution in [-0.4, -0.2) is 15.4 Å². The van der Waals surface area contributed by atoms with Gasteiger partial charge < -0.3 is 0 Å². The van der Waals surface area contributed by atoms with Crippen LogP contribution >= 0.6 is 0 Å². The van der Waals surface area contributed by atoms with E-state index in [0.29, 0.717) is 5.92 Å². The van der Waals surface area contributed by atoms with E-state index in [2.05, 4.69) is 48.6 Å². The molecule has 1 aliphatic carbocycles.